The molecule has 0 fully saturated rings. The molecule has 2 aromatic rings. The highest BCUT2D eigenvalue weighted by molar-refractivity contribution is 9.11. The van der Waals surface area contributed by atoms with Crippen LogP contribution in [0.5, 0.6) is 0 Å². The van der Waals surface area contributed by atoms with Crippen molar-refractivity contribution in [2.75, 3.05) is 0 Å². The highest BCUT2D eigenvalue weighted by Gasteiger charge is 2.34. The SMILES string of the molecule is NNC1=NC(c2cccc(Br)c2)CC(c2c(Br)ccc(Br)c2F)N1N. The first-order valence-corrected chi connectivity index (χ1v) is 9.77. The first-order chi connectivity index (χ1) is 11.9. The largest absolute Gasteiger partial charge is 0.293 e. The molecule has 0 amide bonds. The topological polar surface area (TPSA) is 79.7 Å². The van der Waals surface area contributed by atoms with Gasteiger partial charge in [-0.3, -0.25) is 10.4 Å². The minimum atomic E-state index is -0.445. The van der Waals surface area contributed by atoms with Crippen molar-refractivity contribution < 1.29 is 4.39 Å². The fourth-order valence-corrected chi connectivity index (χ4v) is 4.21. The Bertz CT molecular complexity index is 829. The molecule has 1 heterocycles. The van der Waals surface area contributed by atoms with Crippen LogP contribution >= 0.6 is 47.8 Å². The molecule has 0 aromatic heterocycles. The fourth-order valence-electron chi connectivity index (χ4n) is 2.88. The maximum Gasteiger partial charge on any atom is 0.224 e. The molecule has 0 saturated carbocycles. The van der Waals surface area contributed by atoms with Gasteiger partial charge in [0.15, 0.2) is 0 Å². The Morgan fingerprint density at radius 2 is 1.88 bits per heavy atom. The number of nitrogens with two attached hydrogens (primary N) is 2. The summed E-state index contributed by atoms with van der Waals surface area (Å²) in [5, 5.41) is 1.37. The highest BCUT2D eigenvalue weighted by atomic mass is 79.9. The van der Waals surface area contributed by atoms with E-state index in [9.17, 15) is 4.39 Å². The standard InChI is InChI=1S/C16H15Br3FN5/c17-9-3-1-2-8(6-9)12-7-13(25(22)16(23-12)24-21)14-10(18)4-5-11(19)15(14)20/h1-6,12-13H,7,21-22H2,(H,23,24). The van der Waals surface area contributed by atoms with Crippen LogP contribution in [0.25, 0.3) is 0 Å². The van der Waals surface area contributed by atoms with Crippen LogP contribution in [-0.2, 0) is 0 Å². The van der Waals surface area contributed by atoms with Crippen molar-refractivity contribution in [3.8, 4) is 0 Å². The van der Waals surface area contributed by atoms with Crippen LogP contribution in [0.15, 0.2) is 54.8 Å². The average Bonchev–Trinajstić information content (AvgIpc) is 2.60. The van der Waals surface area contributed by atoms with E-state index in [1.807, 2.05) is 24.3 Å². The molecule has 0 radical (unpaired) electrons. The molecule has 25 heavy (non-hydrogen) atoms. The number of benzene rings is 2. The molecule has 132 valence electrons. The summed E-state index contributed by atoms with van der Waals surface area (Å²) >= 11 is 10.1. The van der Waals surface area contributed by atoms with Gasteiger partial charge < -0.3 is 0 Å². The Labute approximate surface area is 170 Å². The van der Waals surface area contributed by atoms with Gasteiger partial charge in [-0.25, -0.2) is 21.1 Å². The summed E-state index contributed by atoms with van der Waals surface area (Å²) in [5.41, 5.74) is 3.96. The van der Waals surface area contributed by atoms with Gasteiger partial charge in [0.2, 0.25) is 5.96 Å². The molecule has 5 N–H and O–H groups in total. The third-order valence-corrected chi connectivity index (χ3v) is 5.88. The molecular formula is C16H15Br3FN5. The second-order valence-corrected chi connectivity index (χ2v) is 8.21. The molecule has 0 aliphatic carbocycles. The lowest BCUT2D eigenvalue weighted by Crippen LogP contribution is -2.53. The van der Waals surface area contributed by atoms with Crippen LogP contribution < -0.4 is 17.1 Å². The van der Waals surface area contributed by atoms with Crippen molar-refractivity contribution in [1.82, 2.24) is 10.4 Å². The van der Waals surface area contributed by atoms with Crippen LogP contribution in [-0.4, -0.2) is 11.0 Å². The van der Waals surface area contributed by atoms with Crippen molar-refractivity contribution >= 4 is 53.7 Å². The maximum absolute atomic E-state index is 14.8. The lowest BCUT2D eigenvalue weighted by Gasteiger charge is -2.37. The predicted molar refractivity (Wildman–Crippen MR) is 107 cm³/mol. The molecule has 3 rings (SSSR count). The number of nitrogens with zero attached hydrogens (tertiary/aromatic N) is 2. The molecule has 2 aromatic carbocycles. The summed E-state index contributed by atoms with van der Waals surface area (Å²) in [7, 11) is 0. The number of hydrogen-bond donors (Lipinski definition) is 3. The van der Waals surface area contributed by atoms with E-state index in [4.69, 9.17) is 11.7 Å². The van der Waals surface area contributed by atoms with Crippen molar-refractivity contribution in [2.45, 2.75) is 18.5 Å². The second-order valence-electron chi connectivity index (χ2n) is 5.58. The lowest BCUT2D eigenvalue weighted by atomic mass is 9.93. The van der Waals surface area contributed by atoms with Gasteiger partial charge in [0.1, 0.15) is 5.82 Å². The van der Waals surface area contributed by atoms with Gasteiger partial charge in [-0.2, -0.15) is 0 Å². The summed E-state index contributed by atoms with van der Waals surface area (Å²) < 4.78 is 16.8. The van der Waals surface area contributed by atoms with E-state index in [2.05, 4.69) is 58.2 Å². The second kappa shape index (κ2) is 7.71. The zero-order valence-corrected chi connectivity index (χ0v) is 17.6. The Morgan fingerprint density at radius 1 is 1.16 bits per heavy atom. The van der Waals surface area contributed by atoms with E-state index in [1.54, 1.807) is 12.1 Å². The first-order valence-electron chi connectivity index (χ1n) is 7.39. The normalized spacial score (nSPS) is 20.4. The monoisotopic (exact) mass is 533 g/mol. The molecule has 9 heteroatoms. The summed E-state index contributed by atoms with van der Waals surface area (Å²) in [6, 6.07) is 10.6. The van der Waals surface area contributed by atoms with Crippen LogP contribution in [0.2, 0.25) is 0 Å². The Morgan fingerprint density at radius 3 is 2.56 bits per heavy atom. The van der Waals surface area contributed by atoms with E-state index in [0.717, 1.165) is 10.0 Å². The molecule has 5 nitrogen and oxygen atoms in total. The molecule has 2 atom stereocenters. The van der Waals surface area contributed by atoms with Crippen molar-refractivity contribution in [3.05, 3.63) is 66.8 Å². The number of halogens is 4. The number of hydrogen-bond acceptors (Lipinski definition) is 5. The summed E-state index contributed by atoms with van der Waals surface area (Å²) in [6.07, 6.45) is 0.504. The Kier molecular flexibility index (Phi) is 5.79. The Hall–Kier alpha value is -1.00. The van der Waals surface area contributed by atoms with Gasteiger partial charge in [-0.1, -0.05) is 44.0 Å². The molecule has 1 aliphatic heterocycles. The number of aliphatic imine (C=N–C) groups is 1. The van der Waals surface area contributed by atoms with Gasteiger partial charge in [0.25, 0.3) is 0 Å². The van der Waals surface area contributed by atoms with Gasteiger partial charge >= 0.3 is 0 Å². The van der Waals surface area contributed by atoms with Gasteiger partial charge in [0, 0.05) is 20.9 Å². The molecule has 2 unspecified atom stereocenters. The number of rotatable bonds is 2. The minimum absolute atomic E-state index is 0.210. The quantitative estimate of drug-likeness (QED) is 0.304. The van der Waals surface area contributed by atoms with Gasteiger partial charge in [0.05, 0.1) is 16.6 Å². The number of guanidine groups is 1. The van der Waals surface area contributed by atoms with Gasteiger partial charge in [-0.15, -0.1) is 0 Å². The third kappa shape index (κ3) is 3.75. The zero-order valence-electron chi connectivity index (χ0n) is 12.9. The summed E-state index contributed by atoms with van der Waals surface area (Å²) in [5.74, 6) is 11.7. The zero-order chi connectivity index (χ0) is 18.1. The molecule has 0 bridgehead atoms. The van der Waals surface area contributed by atoms with Crippen LogP contribution in [0.3, 0.4) is 0 Å². The summed E-state index contributed by atoms with van der Waals surface area (Å²) in [4.78, 5) is 4.56. The van der Waals surface area contributed by atoms with Crippen LogP contribution in [0.4, 0.5) is 4.39 Å². The Balaban J connectivity index is 2.07. The summed E-state index contributed by atoms with van der Waals surface area (Å²) in [6.45, 7) is 0. The van der Waals surface area contributed by atoms with Crippen LogP contribution in [0, 0.1) is 5.82 Å². The van der Waals surface area contributed by atoms with Crippen LogP contribution in [0.1, 0.15) is 29.6 Å². The lowest BCUT2D eigenvalue weighted by molar-refractivity contribution is 0.253. The van der Waals surface area contributed by atoms with E-state index >= 15 is 0 Å². The van der Waals surface area contributed by atoms with Crippen molar-refractivity contribution in [2.24, 2.45) is 16.7 Å². The van der Waals surface area contributed by atoms with E-state index in [-0.39, 0.29) is 11.9 Å². The van der Waals surface area contributed by atoms with E-state index in [0.29, 0.717) is 26.9 Å². The highest BCUT2D eigenvalue weighted by Crippen LogP contribution is 2.41. The molecule has 0 spiro atoms. The maximum atomic E-state index is 14.8. The molecular weight excluding hydrogens is 521 g/mol. The van der Waals surface area contributed by atoms with Gasteiger partial charge in [-0.05, 0) is 45.8 Å². The molecule has 0 saturated heterocycles. The van der Waals surface area contributed by atoms with Crippen molar-refractivity contribution in [1.29, 1.82) is 0 Å². The smallest absolute Gasteiger partial charge is 0.224 e. The van der Waals surface area contributed by atoms with E-state index in [1.165, 1.54) is 5.01 Å². The number of hydrazine groups is 2. The van der Waals surface area contributed by atoms with E-state index < -0.39 is 6.04 Å². The minimum Gasteiger partial charge on any atom is -0.293 e. The molecule has 1 aliphatic rings. The fraction of sp³-hybridized carbons (Fsp3) is 0.188. The number of nitrogens with one attached hydrogen (secondary N) is 1. The van der Waals surface area contributed by atoms with Crippen molar-refractivity contribution in [3.63, 3.8) is 0 Å². The predicted octanol–water partition coefficient (Wildman–Crippen LogP) is 4.29. The first kappa shape index (κ1) is 18.8. The third-order valence-electron chi connectivity index (χ3n) is 4.08. The average molecular weight is 536 g/mol.